The minimum Gasteiger partial charge on any atom is -0.462 e. The van der Waals surface area contributed by atoms with Crippen molar-refractivity contribution < 1.29 is 35.7 Å². The molecule has 0 saturated carbocycles. The molecule has 1 aliphatic rings. The average Bonchev–Trinajstić information content (AvgIpc) is 2.61. The van der Waals surface area contributed by atoms with E-state index in [1.807, 2.05) is 0 Å². The molecule has 8 nitrogen and oxygen atoms in total. The summed E-state index contributed by atoms with van der Waals surface area (Å²) in [6.07, 6.45) is -6.99. The third-order valence-electron chi connectivity index (χ3n) is 3.90. The predicted octanol–water partition coefficient (Wildman–Crippen LogP) is -0.720. The van der Waals surface area contributed by atoms with Crippen LogP contribution in [0.5, 0.6) is 5.75 Å². The van der Waals surface area contributed by atoms with Gasteiger partial charge in [0.1, 0.15) is 35.7 Å². The maximum Gasteiger partial charge on any atom is 0.336 e. The van der Waals surface area contributed by atoms with Crippen molar-refractivity contribution in [2.24, 2.45) is 0 Å². The van der Waals surface area contributed by atoms with Gasteiger partial charge in [-0.05, 0) is 24.6 Å². The molecule has 1 fully saturated rings. The summed E-state index contributed by atoms with van der Waals surface area (Å²) in [7, 11) is 0. The molecule has 2 heterocycles. The van der Waals surface area contributed by atoms with E-state index in [0.717, 1.165) is 0 Å². The Morgan fingerprint density at radius 2 is 2.00 bits per heavy atom. The summed E-state index contributed by atoms with van der Waals surface area (Å²) in [6.45, 7) is -0.653. The number of rotatable bonds is 3. The second-order valence-electron chi connectivity index (χ2n) is 5.56. The lowest BCUT2D eigenvalue weighted by atomic mass is 9.99. The van der Waals surface area contributed by atoms with Crippen LogP contribution in [-0.4, -0.2) is 57.7 Å². The van der Waals surface area contributed by atoms with Crippen LogP contribution in [0.15, 0.2) is 33.5 Å². The van der Waals surface area contributed by atoms with Crippen molar-refractivity contribution in [3.05, 3.63) is 40.2 Å². The zero-order valence-electron chi connectivity index (χ0n) is 13.5. The normalized spacial score (nSPS) is 31.0. The number of fused-ring (bicyclic) bond motifs is 1. The number of hydrogen-bond acceptors (Lipinski definition) is 8. The van der Waals surface area contributed by atoms with Crippen molar-refractivity contribution in [3.63, 3.8) is 0 Å². The monoisotopic (exact) mass is 339 g/mol. The zero-order chi connectivity index (χ0) is 18.1. The summed E-state index contributed by atoms with van der Waals surface area (Å²) < 4.78 is 23.3. The summed E-state index contributed by atoms with van der Waals surface area (Å²) in [5.74, 6) is 0.183. The van der Waals surface area contributed by atoms with Crippen molar-refractivity contribution in [2.75, 3.05) is 6.61 Å². The third kappa shape index (κ3) is 3.02. The number of hydrogen-bond donors (Lipinski definition) is 4. The minimum absolute atomic E-state index is 0.0883. The topological polar surface area (TPSA) is 130 Å². The molecule has 130 valence electrons. The van der Waals surface area contributed by atoms with E-state index in [2.05, 4.69) is 0 Å². The molecular weight excluding hydrogens is 320 g/mol. The first kappa shape index (κ1) is 15.6. The van der Waals surface area contributed by atoms with E-state index in [0.29, 0.717) is 10.9 Å². The van der Waals surface area contributed by atoms with Crippen LogP contribution in [-0.2, 0) is 4.74 Å². The number of benzene rings is 1. The van der Waals surface area contributed by atoms with Gasteiger partial charge in [-0.2, -0.15) is 0 Å². The molecule has 1 aromatic carbocycles. The second kappa shape index (κ2) is 6.50. The van der Waals surface area contributed by atoms with Crippen LogP contribution in [0, 0.1) is 6.90 Å². The first-order valence-electron chi connectivity index (χ1n) is 7.98. The van der Waals surface area contributed by atoms with E-state index in [1.165, 1.54) is 18.2 Å². The second-order valence-corrected chi connectivity index (χ2v) is 5.56. The molecule has 3 rings (SSSR count). The highest BCUT2D eigenvalue weighted by atomic mass is 16.7. The van der Waals surface area contributed by atoms with Crippen LogP contribution in [0.2, 0.25) is 0 Å². The highest BCUT2D eigenvalue weighted by molar-refractivity contribution is 5.81. The van der Waals surface area contributed by atoms with Gasteiger partial charge in [-0.25, -0.2) is 4.79 Å². The Bertz CT molecular complexity index is 804. The molecule has 2 aromatic rings. The van der Waals surface area contributed by atoms with Crippen molar-refractivity contribution in [1.29, 1.82) is 0 Å². The van der Waals surface area contributed by atoms with Gasteiger partial charge in [0.25, 0.3) is 0 Å². The van der Waals surface area contributed by atoms with Crippen molar-refractivity contribution in [1.82, 2.24) is 0 Å². The van der Waals surface area contributed by atoms with E-state index in [4.69, 9.17) is 15.3 Å². The molecule has 0 bridgehead atoms. The minimum atomic E-state index is -1.55. The summed E-state index contributed by atoms with van der Waals surface area (Å²) >= 11 is 0. The van der Waals surface area contributed by atoms with E-state index < -0.39 is 42.9 Å². The largest absolute Gasteiger partial charge is 0.462 e. The average molecular weight is 339 g/mol. The number of aliphatic hydroxyl groups is 4. The van der Waals surface area contributed by atoms with E-state index >= 15 is 0 Å². The van der Waals surface area contributed by atoms with Crippen molar-refractivity contribution in [3.8, 4) is 5.75 Å². The quantitative estimate of drug-likeness (QED) is 0.539. The van der Waals surface area contributed by atoms with E-state index in [1.54, 1.807) is 6.07 Å². The van der Waals surface area contributed by atoms with Crippen LogP contribution in [0.3, 0.4) is 0 Å². The molecule has 0 radical (unpaired) electrons. The van der Waals surface area contributed by atoms with Gasteiger partial charge in [0.15, 0.2) is 0 Å². The van der Waals surface area contributed by atoms with Gasteiger partial charge in [-0.1, -0.05) is 0 Å². The molecule has 24 heavy (non-hydrogen) atoms. The molecule has 1 aromatic heterocycles. The molecule has 0 spiro atoms. The zero-order valence-corrected chi connectivity index (χ0v) is 12.5. The lowest BCUT2D eigenvalue weighted by Crippen LogP contribution is -2.60. The molecule has 4 N–H and O–H groups in total. The van der Waals surface area contributed by atoms with Crippen LogP contribution in [0.25, 0.3) is 11.0 Å². The fourth-order valence-corrected chi connectivity index (χ4v) is 2.58. The molecule has 8 heteroatoms. The standard InChI is InChI=1S/C16H18O8/c1-7-4-12(18)23-10-5-8(2-3-9(7)10)22-16-15(21)14(20)13(19)11(6-17)24-16/h2-5,11,13-17,19-21H,6H2,1H3/t11-,13+,14+,15-,16?/m1/s1/i1D. The maximum atomic E-state index is 11.5. The fourth-order valence-electron chi connectivity index (χ4n) is 2.58. The highest BCUT2D eigenvalue weighted by Crippen LogP contribution is 2.27. The lowest BCUT2D eigenvalue weighted by Gasteiger charge is -2.39. The van der Waals surface area contributed by atoms with Gasteiger partial charge in [-0.3, -0.25) is 0 Å². The van der Waals surface area contributed by atoms with Crippen molar-refractivity contribution >= 4 is 11.0 Å². The number of ether oxygens (including phenoxy) is 2. The van der Waals surface area contributed by atoms with E-state index in [-0.39, 0.29) is 18.2 Å². The van der Waals surface area contributed by atoms with Crippen LogP contribution >= 0.6 is 0 Å². The van der Waals surface area contributed by atoms with Gasteiger partial charge in [0.05, 0.1) is 6.61 Å². The molecular formula is C16H18O8. The fraction of sp³-hybridized carbons (Fsp3) is 0.438. The van der Waals surface area contributed by atoms with Crippen LogP contribution < -0.4 is 10.4 Å². The molecule has 1 aliphatic heterocycles. The summed E-state index contributed by atoms with van der Waals surface area (Å²) in [5.41, 5.74) is 0.113. The summed E-state index contributed by atoms with van der Waals surface area (Å²) in [4.78, 5) is 11.5. The first-order valence-corrected chi connectivity index (χ1v) is 7.27. The Kier molecular flexibility index (Phi) is 4.21. The molecule has 5 atom stereocenters. The summed E-state index contributed by atoms with van der Waals surface area (Å²) in [5, 5.41) is 39.3. The Hall–Kier alpha value is -1.97. The van der Waals surface area contributed by atoms with Gasteiger partial charge < -0.3 is 34.3 Å². The first-order chi connectivity index (χ1) is 11.9. The predicted molar refractivity (Wildman–Crippen MR) is 81.6 cm³/mol. The Labute approximate surface area is 137 Å². The van der Waals surface area contributed by atoms with Gasteiger partial charge in [-0.15, -0.1) is 0 Å². The van der Waals surface area contributed by atoms with Crippen molar-refractivity contribution in [2.45, 2.75) is 37.6 Å². The Morgan fingerprint density at radius 1 is 1.21 bits per heavy atom. The summed E-state index contributed by atoms with van der Waals surface area (Å²) in [6, 6.07) is 5.77. The number of aliphatic hydroxyl groups excluding tert-OH is 4. The smallest absolute Gasteiger partial charge is 0.336 e. The Balaban J connectivity index is 1.88. The van der Waals surface area contributed by atoms with Gasteiger partial charge >= 0.3 is 5.63 Å². The molecule has 1 saturated heterocycles. The van der Waals surface area contributed by atoms with Gasteiger partial charge in [0, 0.05) is 18.9 Å². The molecule has 1 unspecified atom stereocenters. The molecule has 0 amide bonds. The third-order valence-corrected chi connectivity index (χ3v) is 3.90. The van der Waals surface area contributed by atoms with Gasteiger partial charge in [0.2, 0.25) is 6.29 Å². The maximum absolute atomic E-state index is 11.5. The number of aryl methyl sites for hydroxylation is 1. The van der Waals surface area contributed by atoms with Crippen LogP contribution in [0.4, 0.5) is 0 Å². The van der Waals surface area contributed by atoms with E-state index in [9.17, 15) is 25.2 Å². The lowest BCUT2D eigenvalue weighted by molar-refractivity contribution is -0.277. The highest BCUT2D eigenvalue weighted by Gasteiger charge is 2.44. The molecule has 0 aliphatic carbocycles. The SMILES string of the molecule is [2H]Cc1cc(=O)oc2cc(OC3O[C@H](CO)[C@H](O)[C@H](O)[C@H]3O)ccc12. The van der Waals surface area contributed by atoms with Crippen LogP contribution in [0.1, 0.15) is 6.93 Å². The Morgan fingerprint density at radius 3 is 2.71 bits per heavy atom.